The Balaban J connectivity index is 1.64. The van der Waals surface area contributed by atoms with Gasteiger partial charge in [0, 0.05) is 30.6 Å². The molecule has 1 N–H and O–H groups in total. The molecule has 1 fully saturated rings. The highest BCUT2D eigenvalue weighted by Crippen LogP contribution is 2.38. The molecule has 1 saturated heterocycles. The fourth-order valence-corrected chi connectivity index (χ4v) is 4.51. The lowest BCUT2D eigenvalue weighted by atomic mass is 10.1. The molecule has 1 aliphatic rings. The van der Waals surface area contributed by atoms with Crippen molar-refractivity contribution in [2.24, 2.45) is 0 Å². The Hall–Kier alpha value is -4.40. The molecule has 37 heavy (non-hydrogen) atoms. The lowest BCUT2D eigenvalue weighted by Crippen LogP contribution is -2.15. The molecule has 1 aliphatic heterocycles. The van der Waals surface area contributed by atoms with Crippen molar-refractivity contribution < 1.29 is 36.3 Å². The zero-order valence-electron chi connectivity index (χ0n) is 19.0. The Labute approximate surface area is 207 Å². The van der Waals surface area contributed by atoms with Crippen LogP contribution in [0.1, 0.15) is 22.8 Å². The number of amides is 1. The highest BCUT2D eigenvalue weighted by Gasteiger charge is 2.31. The smallest absolute Gasteiger partial charge is 0.387 e. The van der Waals surface area contributed by atoms with Crippen LogP contribution in [0.25, 0.3) is 16.9 Å². The van der Waals surface area contributed by atoms with E-state index in [1.807, 2.05) is 0 Å². The van der Waals surface area contributed by atoms with Crippen molar-refractivity contribution in [1.82, 2.24) is 24.4 Å². The summed E-state index contributed by atoms with van der Waals surface area (Å²) in [5.41, 5.74) is 0.132. The van der Waals surface area contributed by atoms with Gasteiger partial charge in [0.2, 0.25) is 0 Å². The van der Waals surface area contributed by atoms with Crippen LogP contribution in [-0.2, 0) is 19.4 Å². The van der Waals surface area contributed by atoms with Crippen molar-refractivity contribution in [3.63, 3.8) is 0 Å². The van der Waals surface area contributed by atoms with E-state index in [0.29, 0.717) is 0 Å². The predicted octanol–water partition coefficient (Wildman–Crippen LogP) is 2.34. The van der Waals surface area contributed by atoms with E-state index in [1.54, 1.807) is 12.3 Å². The first-order valence-corrected chi connectivity index (χ1v) is 12.7. The second-order valence-electron chi connectivity index (χ2n) is 8.05. The third kappa shape index (κ3) is 4.72. The number of carbonyl (C=O) groups excluding carboxylic acids is 2. The van der Waals surface area contributed by atoms with Crippen LogP contribution in [0, 0.1) is 0 Å². The highest BCUT2D eigenvalue weighted by atomic mass is 32.2. The van der Waals surface area contributed by atoms with Crippen LogP contribution in [0.5, 0.6) is 5.75 Å². The van der Waals surface area contributed by atoms with Crippen LogP contribution in [0.3, 0.4) is 0 Å². The molecule has 0 radical (unpaired) electrons. The van der Waals surface area contributed by atoms with Gasteiger partial charge in [-0.2, -0.15) is 19.0 Å². The van der Waals surface area contributed by atoms with Gasteiger partial charge in [-0.15, -0.1) is 0 Å². The van der Waals surface area contributed by atoms with Crippen LogP contribution in [-0.4, -0.2) is 64.1 Å². The number of benzene rings is 1. The predicted molar refractivity (Wildman–Crippen MR) is 123 cm³/mol. The molecule has 3 aromatic heterocycles. The first-order chi connectivity index (χ1) is 17.6. The number of halogens is 2. The summed E-state index contributed by atoms with van der Waals surface area (Å²) in [6.45, 7) is -3.07. The Morgan fingerprint density at radius 1 is 1.32 bits per heavy atom. The average Bonchev–Trinajstić information content (AvgIpc) is 3.56. The van der Waals surface area contributed by atoms with Crippen LogP contribution in [0.15, 0.2) is 53.9 Å². The Morgan fingerprint density at radius 3 is 2.84 bits per heavy atom. The molecule has 4 aromatic rings. The van der Waals surface area contributed by atoms with E-state index in [1.165, 1.54) is 27.8 Å². The second kappa shape index (κ2) is 9.24. The van der Waals surface area contributed by atoms with Crippen molar-refractivity contribution in [1.29, 1.82) is 0 Å². The number of hydrogen-bond donors (Lipinski definition) is 1. The molecular formula is C22H18F2N6O6S. The number of carbonyl (C=O) groups is 2. The van der Waals surface area contributed by atoms with Crippen molar-refractivity contribution >= 4 is 33.0 Å². The van der Waals surface area contributed by atoms with Crippen LogP contribution in [0.4, 0.5) is 14.5 Å². The van der Waals surface area contributed by atoms with Gasteiger partial charge in [0.25, 0.3) is 5.91 Å². The number of esters is 1. The summed E-state index contributed by atoms with van der Waals surface area (Å²) in [7, 11) is -3.75. The van der Waals surface area contributed by atoms with Crippen molar-refractivity contribution in [2.75, 3.05) is 18.2 Å². The van der Waals surface area contributed by atoms with E-state index < -0.39 is 34.4 Å². The first kappa shape index (κ1) is 24.3. The number of nitrogens with one attached hydrogen (secondary N) is 1. The second-order valence-corrected chi connectivity index (χ2v) is 10.1. The van der Waals surface area contributed by atoms with Gasteiger partial charge in [0.15, 0.2) is 21.5 Å². The van der Waals surface area contributed by atoms with Gasteiger partial charge in [-0.3, -0.25) is 9.48 Å². The maximum absolute atomic E-state index is 13.2. The zero-order valence-corrected chi connectivity index (χ0v) is 19.9. The topological polar surface area (TPSA) is 147 Å². The third-order valence-electron chi connectivity index (χ3n) is 5.58. The number of cyclic esters (lactones) is 1. The van der Waals surface area contributed by atoms with Crippen LogP contribution >= 0.6 is 0 Å². The van der Waals surface area contributed by atoms with Crippen LogP contribution in [0.2, 0.25) is 0 Å². The maximum atomic E-state index is 13.2. The summed E-state index contributed by atoms with van der Waals surface area (Å²) in [6, 6.07) is 4.09. The van der Waals surface area contributed by atoms with Gasteiger partial charge in [-0.05, 0) is 24.3 Å². The molecule has 0 saturated carbocycles. The fraction of sp³-hybridized carbons (Fsp3) is 0.227. The van der Waals surface area contributed by atoms with E-state index in [9.17, 15) is 26.8 Å². The molecule has 1 atom stereocenters. The van der Waals surface area contributed by atoms with Crippen LogP contribution < -0.4 is 10.1 Å². The summed E-state index contributed by atoms with van der Waals surface area (Å²) in [6.07, 6.45) is 6.95. The molecule has 0 bridgehead atoms. The lowest BCUT2D eigenvalue weighted by molar-refractivity contribution is -0.140. The molecule has 15 heteroatoms. The number of alkyl halides is 2. The van der Waals surface area contributed by atoms with E-state index >= 15 is 0 Å². The Kier molecular flexibility index (Phi) is 6.07. The summed E-state index contributed by atoms with van der Waals surface area (Å²) >= 11 is 0. The zero-order chi connectivity index (χ0) is 26.3. The Bertz CT molecular complexity index is 1630. The van der Waals surface area contributed by atoms with Gasteiger partial charge in [-0.1, -0.05) is 0 Å². The molecule has 5 rings (SSSR count). The molecule has 192 valence electrons. The Morgan fingerprint density at radius 2 is 2.14 bits per heavy atom. The van der Waals surface area contributed by atoms with Gasteiger partial charge < -0.3 is 14.8 Å². The van der Waals surface area contributed by atoms with Crippen molar-refractivity contribution in [3.05, 3.63) is 54.6 Å². The fourth-order valence-electron chi connectivity index (χ4n) is 3.87. The summed E-state index contributed by atoms with van der Waals surface area (Å²) in [4.78, 5) is 29.3. The van der Waals surface area contributed by atoms with Gasteiger partial charge in [-0.25, -0.2) is 22.7 Å². The third-order valence-corrected chi connectivity index (χ3v) is 6.69. The minimum atomic E-state index is -3.75. The number of ether oxygens (including phenoxy) is 2. The molecule has 4 heterocycles. The van der Waals surface area contributed by atoms with E-state index in [0.717, 1.165) is 24.5 Å². The van der Waals surface area contributed by atoms with Gasteiger partial charge in [0.1, 0.15) is 17.0 Å². The molecule has 0 unspecified atom stereocenters. The number of rotatable bonds is 7. The van der Waals surface area contributed by atoms with E-state index in [2.05, 4.69) is 25.2 Å². The van der Waals surface area contributed by atoms with Crippen molar-refractivity contribution in [3.8, 4) is 17.0 Å². The average molecular weight is 532 g/mol. The summed E-state index contributed by atoms with van der Waals surface area (Å²) in [5, 5.41) is 11.1. The van der Waals surface area contributed by atoms with Gasteiger partial charge in [0.05, 0.1) is 29.6 Å². The summed E-state index contributed by atoms with van der Waals surface area (Å²) < 4.78 is 63.0. The molecule has 1 amide bonds. The number of nitrogens with zero attached hydrogens (tertiary/aromatic N) is 5. The number of hydrogen-bond acceptors (Lipinski definition) is 9. The molecule has 12 nitrogen and oxygen atoms in total. The maximum Gasteiger partial charge on any atom is 0.387 e. The number of sulfone groups is 1. The SMILES string of the molecule is CS(=O)(=O)c1ccc(OC(F)F)c(-c2nn([C@@H]3CCOC3=O)cc2NC(=O)c2cnn3cccnc23)c1. The number of fused-ring (bicyclic) bond motifs is 1. The highest BCUT2D eigenvalue weighted by molar-refractivity contribution is 7.90. The first-order valence-electron chi connectivity index (χ1n) is 10.8. The van der Waals surface area contributed by atoms with Gasteiger partial charge >= 0.3 is 12.6 Å². The minimum Gasteiger partial charge on any atom is -0.464 e. The summed E-state index contributed by atoms with van der Waals surface area (Å²) in [5.74, 6) is -1.60. The quantitative estimate of drug-likeness (QED) is 0.354. The van der Waals surface area contributed by atoms with E-state index in [4.69, 9.17) is 4.74 Å². The molecule has 0 spiro atoms. The molecule has 0 aliphatic carbocycles. The normalized spacial score (nSPS) is 15.8. The largest absolute Gasteiger partial charge is 0.464 e. The molecule has 1 aromatic carbocycles. The molecular weight excluding hydrogens is 514 g/mol. The standard InChI is InChI=1S/C22H18F2N6O6S/c1-37(33,34)12-3-4-17(36-22(23)24)13(9-12)18-15(11-30(28-18)16-5-8-35-21(16)32)27-20(31)14-10-26-29-7-2-6-25-19(14)29/h2-4,6-7,9-11,16,22H,5,8H2,1H3,(H,27,31)/t16-/m1/s1. The minimum absolute atomic E-state index is 0.00440. The van der Waals surface area contributed by atoms with Crippen molar-refractivity contribution in [2.45, 2.75) is 24.0 Å². The number of aromatic nitrogens is 5. The van der Waals surface area contributed by atoms with E-state index in [-0.39, 0.29) is 51.8 Å². The monoisotopic (exact) mass is 532 g/mol. The number of anilines is 1. The lowest BCUT2D eigenvalue weighted by Gasteiger charge is -2.12.